The zero-order valence-corrected chi connectivity index (χ0v) is 25.6. The summed E-state index contributed by atoms with van der Waals surface area (Å²) in [5, 5.41) is 8.86. The molecule has 3 aromatic heterocycles. The maximum absolute atomic E-state index is 5.38. The first-order valence-electron chi connectivity index (χ1n) is 15.6. The van der Waals surface area contributed by atoms with Gasteiger partial charge in [-0.25, -0.2) is 4.98 Å². The summed E-state index contributed by atoms with van der Waals surface area (Å²) in [4.78, 5) is 5.38. The molecule has 7 aromatic carbocycles. The maximum atomic E-state index is 5.38. The number of aromatic nitrogens is 2. The lowest BCUT2D eigenvalue weighted by Gasteiger charge is -2.14. The van der Waals surface area contributed by atoms with Gasteiger partial charge in [0.1, 0.15) is 5.82 Å². The molecule has 0 bridgehead atoms. The van der Waals surface area contributed by atoms with Gasteiger partial charge in [-0.3, -0.25) is 4.57 Å². The number of benzene rings is 7. The van der Waals surface area contributed by atoms with Crippen LogP contribution >= 0.6 is 11.3 Å². The van der Waals surface area contributed by atoms with Gasteiger partial charge in [-0.2, -0.15) is 0 Å². The second-order valence-corrected chi connectivity index (χ2v) is 13.0. The van der Waals surface area contributed by atoms with E-state index >= 15 is 0 Å². The maximum Gasteiger partial charge on any atom is 0.138 e. The van der Waals surface area contributed by atoms with E-state index in [0.29, 0.717) is 0 Å². The molecule has 0 aliphatic rings. The zero-order valence-electron chi connectivity index (χ0n) is 24.8. The van der Waals surface area contributed by atoms with Gasteiger partial charge in [0.15, 0.2) is 0 Å². The molecule has 3 heterocycles. The number of hydrogen-bond acceptors (Lipinski definition) is 2. The summed E-state index contributed by atoms with van der Waals surface area (Å²) in [5.74, 6) is 0.922. The van der Waals surface area contributed by atoms with Crippen LogP contribution < -0.4 is 0 Å². The molecule has 0 amide bonds. The van der Waals surface area contributed by atoms with Crippen molar-refractivity contribution in [2.24, 2.45) is 0 Å². The quantitative estimate of drug-likeness (QED) is 0.197. The van der Waals surface area contributed by atoms with Gasteiger partial charge in [-0.05, 0) is 69.4 Å². The Morgan fingerprint density at radius 3 is 1.78 bits per heavy atom. The molecule has 46 heavy (non-hydrogen) atoms. The van der Waals surface area contributed by atoms with Crippen LogP contribution in [0.15, 0.2) is 158 Å². The number of rotatable bonds is 3. The Kier molecular flexibility index (Phi) is 5.48. The van der Waals surface area contributed by atoms with Gasteiger partial charge in [0, 0.05) is 36.3 Å². The summed E-state index contributed by atoms with van der Waals surface area (Å²) in [7, 11) is 0. The van der Waals surface area contributed by atoms with Crippen LogP contribution in [0.3, 0.4) is 0 Å². The second-order valence-electron chi connectivity index (χ2n) is 11.9. The smallest absolute Gasteiger partial charge is 0.138 e. The van der Waals surface area contributed by atoms with Crippen molar-refractivity contribution in [3.05, 3.63) is 158 Å². The number of fused-ring (bicyclic) bond motifs is 10. The predicted molar refractivity (Wildman–Crippen MR) is 197 cm³/mol. The molecule has 0 N–H and O–H groups in total. The van der Waals surface area contributed by atoms with Crippen molar-refractivity contribution in [2.75, 3.05) is 0 Å². The molecule has 3 heteroatoms. The Labute approximate surface area is 269 Å². The van der Waals surface area contributed by atoms with Crippen molar-refractivity contribution < 1.29 is 0 Å². The minimum Gasteiger partial charge on any atom is -0.294 e. The summed E-state index contributed by atoms with van der Waals surface area (Å²) < 4.78 is 5.03. The summed E-state index contributed by atoms with van der Waals surface area (Å²) in [5.41, 5.74) is 8.12. The van der Waals surface area contributed by atoms with Crippen LogP contribution in [0.1, 0.15) is 0 Å². The number of thiophene rings is 1. The number of nitrogens with zero attached hydrogens (tertiary/aromatic N) is 2. The summed E-state index contributed by atoms with van der Waals surface area (Å²) >= 11 is 1.87. The summed E-state index contributed by atoms with van der Waals surface area (Å²) in [6, 6.07) is 57.0. The molecule has 0 radical (unpaired) electrons. The largest absolute Gasteiger partial charge is 0.294 e. The SMILES string of the molecule is c1ccc(-c2cc(-n3c4cc(-c5ccccc5)c5ccccc5c4c4c5c(ccc43)sc3ccccc35)nc3ccccc23)cc1. The van der Waals surface area contributed by atoms with Crippen LogP contribution in [-0.4, -0.2) is 9.55 Å². The molecule has 0 spiro atoms. The Hall–Kier alpha value is -5.77. The molecule has 0 fully saturated rings. The predicted octanol–water partition coefficient (Wildman–Crippen LogP) is 12.2. The van der Waals surface area contributed by atoms with Crippen LogP contribution in [0.5, 0.6) is 0 Å². The number of pyridine rings is 1. The van der Waals surface area contributed by atoms with Crippen molar-refractivity contribution in [2.45, 2.75) is 0 Å². The zero-order chi connectivity index (χ0) is 30.2. The Morgan fingerprint density at radius 1 is 0.413 bits per heavy atom. The fourth-order valence-corrected chi connectivity index (χ4v) is 8.52. The fourth-order valence-electron chi connectivity index (χ4n) is 7.41. The van der Waals surface area contributed by atoms with E-state index in [1.54, 1.807) is 0 Å². The average molecular weight is 603 g/mol. The van der Waals surface area contributed by atoms with Gasteiger partial charge in [0.05, 0.1) is 16.6 Å². The van der Waals surface area contributed by atoms with Gasteiger partial charge in [0.25, 0.3) is 0 Å². The van der Waals surface area contributed by atoms with E-state index in [1.165, 1.54) is 69.5 Å². The standard InChI is InChI=1S/C43H26N2S/c1-3-13-27(14-4-1)33-25-37-41(31-19-8-7-17-29(31)33)43-36(23-24-39-42(43)32-20-10-12-22-38(32)46-39)45(37)40-26-34(28-15-5-2-6-16-28)30-18-9-11-21-35(30)44-40/h1-26H. The highest BCUT2D eigenvalue weighted by atomic mass is 32.1. The molecular weight excluding hydrogens is 577 g/mol. The molecule has 0 aliphatic carbocycles. The van der Waals surface area contributed by atoms with E-state index in [9.17, 15) is 0 Å². The second kappa shape index (κ2) is 9.87. The first kappa shape index (κ1) is 25.5. The minimum atomic E-state index is 0.922. The molecular formula is C43H26N2S. The molecule has 0 saturated carbocycles. The van der Waals surface area contributed by atoms with Crippen LogP contribution in [-0.2, 0) is 0 Å². The van der Waals surface area contributed by atoms with E-state index in [-0.39, 0.29) is 0 Å². The Bertz CT molecular complexity index is 2790. The lowest BCUT2D eigenvalue weighted by atomic mass is 9.94. The van der Waals surface area contributed by atoms with Gasteiger partial charge < -0.3 is 0 Å². The highest BCUT2D eigenvalue weighted by Crippen LogP contribution is 2.47. The van der Waals surface area contributed by atoms with E-state index in [0.717, 1.165) is 22.2 Å². The third kappa shape index (κ3) is 3.67. The number of para-hydroxylation sites is 1. The van der Waals surface area contributed by atoms with Gasteiger partial charge in [0.2, 0.25) is 0 Å². The first-order valence-corrected chi connectivity index (χ1v) is 16.5. The van der Waals surface area contributed by atoms with Crippen molar-refractivity contribution in [3.63, 3.8) is 0 Å². The Morgan fingerprint density at radius 2 is 1.02 bits per heavy atom. The van der Waals surface area contributed by atoms with Gasteiger partial charge in [-0.15, -0.1) is 11.3 Å². The van der Waals surface area contributed by atoms with Crippen molar-refractivity contribution in [3.8, 4) is 28.1 Å². The normalized spacial score (nSPS) is 11.9. The highest BCUT2D eigenvalue weighted by molar-refractivity contribution is 7.26. The van der Waals surface area contributed by atoms with Crippen LogP contribution in [0, 0.1) is 0 Å². The third-order valence-corrected chi connectivity index (χ3v) is 10.5. The Balaban J connectivity index is 1.44. The number of hydrogen-bond donors (Lipinski definition) is 0. The van der Waals surface area contributed by atoms with E-state index in [4.69, 9.17) is 4.98 Å². The van der Waals surface area contributed by atoms with Crippen molar-refractivity contribution in [1.29, 1.82) is 0 Å². The van der Waals surface area contributed by atoms with Crippen LogP contribution in [0.25, 0.3) is 91.7 Å². The van der Waals surface area contributed by atoms with Gasteiger partial charge >= 0.3 is 0 Å². The lowest BCUT2D eigenvalue weighted by molar-refractivity contribution is 1.10. The minimum absolute atomic E-state index is 0.922. The third-order valence-electron chi connectivity index (χ3n) is 9.38. The molecule has 10 aromatic rings. The first-order chi connectivity index (χ1) is 22.8. The molecule has 214 valence electrons. The fraction of sp³-hybridized carbons (Fsp3) is 0. The summed E-state index contributed by atoms with van der Waals surface area (Å²) in [6.45, 7) is 0. The summed E-state index contributed by atoms with van der Waals surface area (Å²) in [6.07, 6.45) is 0. The molecule has 0 saturated heterocycles. The molecule has 2 nitrogen and oxygen atoms in total. The highest BCUT2D eigenvalue weighted by Gasteiger charge is 2.22. The molecule has 0 atom stereocenters. The topological polar surface area (TPSA) is 17.8 Å². The van der Waals surface area contributed by atoms with E-state index in [2.05, 4.69) is 162 Å². The van der Waals surface area contributed by atoms with Gasteiger partial charge in [-0.1, -0.05) is 121 Å². The lowest BCUT2D eigenvalue weighted by Crippen LogP contribution is -1.99. The monoisotopic (exact) mass is 602 g/mol. The van der Waals surface area contributed by atoms with Crippen molar-refractivity contribution in [1.82, 2.24) is 9.55 Å². The molecule has 10 rings (SSSR count). The molecule has 0 aliphatic heterocycles. The van der Waals surface area contributed by atoms with Crippen molar-refractivity contribution >= 4 is 75.0 Å². The van der Waals surface area contributed by atoms with Crippen LogP contribution in [0.2, 0.25) is 0 Å². The van der Waals surface area contributed by atoms with E-state index < -0.39 is 0 Å². The molecule has 0 unspecified atom stereocenters. The van der Waals surface area contributed by atoms with E-state index in [1.807, 2.05) is 11.3 Å². The average Bonchev–Trinajstić information content (AvgIpc) is 3.67. The van der Waals surface area contributed by atoms with Crippen LogP contribution in [0.4, 0.5) is 0 Å².